The lowest BCUT2D eigenvalue weighted by molar-refractivity contribution is -0.390. The van der Waals surface area contributed by atoms with Crippen LogP contribution in [0.15, 0.2) is 18.3 Å². The van der Waals surface area contributed by atoms with E-state index < -0.39 is 4.92 Å². The van der Waals surface area contributed by atoms with Gasteiger partial charge in [0.2, 0.25) is 5.75 Å². The van der Waals surface area contributed by atoms with Gasteiger partial charge in [-0.3, -0.25) is 0 Å². The lowest BCUT2D eigenvalue weighted by Gasteiger charge is -2.03. The van der Waals surface area contributed by atoms with Crippen molar-refractivity contribution in [2.75, 3.05) is 6.61 Å². The van der Waals surface area contributed by atoms with Gasteiger partial charge < -0.3 is 14.9 Å². The van der Waals surface area contributed by atoms with E-state index >= 15 is 0 Å². The molecule has 0 aliphatic rings. The maximum atomic E-state index is 10.5. The van der Waals surface area contributed by atoms with Crippen molar-refractivity contribution >= 4 is 5.82 Å². The minimum Gasteiger partial charge on any atom is -0.486 e. The van der Waals surface area contributed by atoms with Crippen molar-refractivity contribution < 1.29 is 9.66 Å². The first-order valence-electron chi connectivity index (χ1n) is 4.35. The summed E-state index contributed by atoms with van der Waals surface area (Å²) < 4.78 is 5.15. The Kier molecular flexibility index (Phi) is 4.04. The van der Waals surface area contributed by atoms with Crippen LogP contribution in [0.25, 0.3) is 0 Å². The van der Waals surface area contributed by atoms with E-state index in [1.54, 1.807) is 6.07 Å². The molecular formula is C9H9N3O3. The Balaban J connectivity index is 2.60. The summed E-state index contributed by atoms with van der Waals surface area (Å²) in [6.07, 6.45) is 2.25. The molecule has 78 valence electrons. The Morgan fingerprint density at radius 3 is 3.13 bits per heavy atom. The summed E-state index contributed by atoms with van der Waals surface area (Å²) >= 11 is 0. The molecule has 0 amide bonds. The van der Waals surface area contributed by atoms with Crippen LogP contribution in [0.5, 0.6) is 5.75 Å². The quantitative estimate of drug-likeness (QED) is 0.416. The topological polar surface area (TPSA) is 89.0 Å². The van der Waals surface area contributed by atoms with Gasteiger partial charge in [-0.25, -0.2) is 0 Å². The first-order chi connectivity index (χ1) is 7.25. The number of rotatable bonds is 5. The van der Waals surface area contributed by atoms with Gasteiger partial charge in [0.1, 0.15) is 6.20 Å². The summed E-state index contributed by atoms with van der Waals surface area (Å²) in [5.74, 6) is -0.158. The van der Waals surface area contributed by atoms with E-state index in [1.165, 1.54) is 12.3 Å². The van der Waals surface area contributed by atoms with Crippen molar-refractivity contribution in [3.8, 4) is 11.8 Å². The molecule has 0 radical (unpaired) electrons. The highest BCUT2D eigenvalue weighted by Crippen LogP contribution is 2.22. The molecule has 0 unspecified atom stereocenters. The van der Waals surface area contributed by atoms with Gasteiger partial charge in [-0.1, -0.05) is 0 Å². The maximum absolute atomic E-state index is 10.5. The molecule has 0 aromatic carbocycles. The Labute approximate surface area is 86.3 Å². The molecule has 0 saturated heterocycles. The molecule has 0 atom stereocenters. The molecule has 6 heteroatoms. The summed E-state index contributed by atoms with van der Waals surface area (Å²) in [5.41, 5.74) is 0. The number of nitriles is 1. The lowest BCUT2D eigenvalue weighted by atomic mass is 10.3. The SMILES string of the molecule is N#CCCCOc1cccnc1[N+](=O)[O-]. The van der Waals surface area contributed by atoms with E-state index in [4.69, 9.17) is 10.00 Å². The zero-order valence-corrected chi connectivity index (χ0v) is 7.92. The molecule has 0 bridgehead atoms. The van der Waals surface area contributed by atoms with Crippen molar-refractivity contribution in [3.63, 3.8) is 0 Å². The fourth-order valence-corrected chi connectivity index (χ4v) is 0.965. The van der Waals surface area contributed by atoms with Crippen LogP contribution in [0.2, 0.25) is 0 Å². The second-order valence-corrected chi connectivity index (χ2v) is 2.69. The minimum atomic E-state index is -0.598. The number of ether oxygens (including phenoxy) is 1. The van der Waals surface area contributed by atoms with Crippen LogP contribution >= 0.6 is 0 Å². The first kappa shape index (κ1) is 10.9. The highest BCUT2D eigenvalue weighted by Gasteiger charge is 2.14. The second kappa shape index (κ2) is 5.54. The van der Waals surface area contributed by atoms with Gasteiger partial charge in [0.15, 0.2) is 0 Å². The molecule has 1 aromatic rings. The number of nitrogens with zero attached hydrogens (tertiary/aromatic N) is 3. The molecule has 0 N–H and O–H groups in total. The van der Waals surface area contributed by atoms with E-state index in [0.29, 0.717) is 12.8 Å². The number of aromatic nitrogens is 1. The average molecular weight is 207 g/mol. The summed E-state index contributed by atoms with van der Waals surface area (Å²) in [5, 5.41) is 18.8. The van der Waals surface area contributed by atoms with E-state index in [0.717, 1.165) is 0 Å². The number of hydrogen-bond donors (Lipinski definition) is 0. The standard InChI is InChI=1S/C9H9N3O3/c10-5-1-2-7-15-8-4-3-6-11-9(8)12(13)14/h3-4,6H,1-2,7H2. The van der Waals surface area contributed by atoms with Crippen LogP contribution in [0, 0.1) is 21.4 Å². The third-order valence-electron chi connectivity index (χ3n) is 1.61. The maximum Gasteiger partial charge on any atom is 0.406 e. The van der Waals surface area contributed by atoms with Crippen molar-refractivity contribution in [2.24, 2.45) is 0 Å². The van der Waals surface area contributed by atoms with Crippen LogP contribution < -0.4 is 4.74 Å². The molecule has 0 spiro atoms. The van der Waals surface area contributed by atoms with Gasteiger partial charge in [-0.2, -0.15) is 5.26 Å². The molecule has 15 heavy (non-hydrogen) atoms. The largest absolute Gasteiger partial charge is 0.486 e. The fourth-order valence-electron chi connectivity index (χ4n) is 0.965. The number of pyridine rings is 1. The molecule has 6 nitrogen and oxygen atoms in total. The van der Waals surface area contributed by atoms with Crippen molar-refractivity contribution in [3.05, 3.63) is 28.4 Å². The molecule has 0 fully saturated rings. The summed E-state index contributed by atoms with van der Waals surface area (Å²) in [6.45, 7) is 0.278. The lowest BCUT2D eigenvalue weighted by Crippen LogP contribution is -2.01. The molecule has 0 aliphatic heterocycles. The average Bonchev–Trinajstić information content (AvgIpc) is 2.25. The van der Waals surface area contributed by atoms with Gasteiger partial charge >= 0.3 is 5.82 Å². The predicted molar refractivity (Wildman–Crippen MR) is 51.2 cm³/mol. The van der Waals surface area contributed by atoms with Gasteiger partial charge in [-0.05, 0) is 28.5 Å². The van der Waals surface area contributed by atoms with Gasteiger partial charge in [-0.15, -0.1) is 0 Å². The molecular weight excluding hydrogens is 198 g/mol. The molecule has 1 rings (SSSR count). The van der Waals surface area contributed by atoms with Crippen LogP contribution in [0.3, 0.4) is 0 Å². The van der Waals surface area contributed by atoms with Crippen LogP contribution in [-0.2, 0) is 0 Å². The monoisotopic (exact) mass is 207 g/mol. The zero-order chi connectivity index (χ0) is 11.1. The Morgan fingerprint density at radius 2 is 2.47 bits per heavy atom. The van der Waals surface area contributed by atoms with Crippen LogP contribution in [-0.4, -0.2) is 16.5 Å². The molecule has 1 heterocycles. The normalized spacial score (nSPS) is 9.27. The van der Waals surface area contributed by atoms with Crippen molar-refractivity contribution in [1.82, 2.24) is 4.98 Å². The number of nitro groups is 1. The van der Waals surface area contributed by atoms with Gasteiger partial charge in [0.05, 0.1) is 12.7 Å². The Morgan fingerprint density at radius 1 is 1.67 bits per heavy atom. The van der Waals surface area contributed by atoms with Gasteiger partial charge in [0.25, 0.3) is 0 Å². The Bertz CT molecular complexity index is 386. The summed E-state index contributed by atoms with van der Waals surface area (Å²) in [4.78, 5) is 13.5. The summed E-state index contributed by atoms with van der Waals surface area (Å²) in [6, 6.07) is 5.01. The molecule has 0 saturated carbocycles. The molecule has 0 aliphatic carbocycles. The zero-order valence-electron chi connectivity index (χ0n) is 7.92. The highest BCUT2D eigenvalue weighted by molar-refractivity contribution is 5.38. The predicted octanol–water partition coefficient (Wildman–Crippen LogP) is 1.67. The molecule has 1 aromatic heterocycles. The highest BCUT2D eigenvalue weighted by atomic mass is 16.6. The fraction of sp³-hybridized carbons (Fsp3) is 0.333. The van der Waals surface area contributed by atoms with Crippen LogP contribution in [0.4, 0.5) is 5.82 Å². The second-order valence-electron chi connectivity index (χ2n) is 2.69. The van der Waals surface area contributed by atoms with E-state index in [9.17, 15) is 10.1 Å². The van der Waals surface area contributed by atoms with Crippen LogP contribution in [0.1, 0.15) is 12.8 Å². The third kappa shape index (κ3) is 3.23. The van der Waals surface area contributed by atoms with Crippen molar-refractivity contribution in [2.45, 2.75) is 12.8 Å². The van der Waals surface area contributed by atoms with Gasteiger partial charge in [0, 0.05) is 6.42 Å². The first-order valence-corrected chi connectivity index (χ1v) is 4.35. The van der Waals surface area contributed by atoms with E-state index in [1.807, 2.05) is 6.07 Å². The number of hydrogen-bond acceptors (Lipinski definition) is 5. The smallest absolute Gasteiger partial charge is 0.406 e. The van der Waals surface area contributed by atoms with Crippen molar-refractivity contribution in [1.29, 1.82) is 5.26 Å². The van der Waals surface area contributed by atoms with E-state index in [2.05, 4.69) is 4.98 Å². The van der Waals surface area contributed by atoms with E-state index in [-0.39, 0.29) is 18.2 Å². The Hall–Kier alpha value is -2.16. The minimum absolute atomic E-state index is 0.139. The third-order valence-corrected chi connectivity index (χ3v) is 1.61. The number of unbranched alkanes of at least 4 members (excludes halogenated alkanes) is 1. The summed E-state index contributed by atoms with van der Waals surface area (Å²) in [7, 11) is 0.